The summed E-state index contributed by atoms with van der Waals surface area (Å²) in [6.07, 6.45) is 11.3. The van der Waals surface area contributed by atoms with Gasteiger partial charge in [-0.3, -0.25) is 4.79 Å². The SMILES string of the molecule is O=C1Cc2c3cccc2C24CCC(CC2)C2=C4C4CCC2(C4)C1C3. The van der Waals surface area contributed by atoms with Crippen LogP contribution in [0.15, 0.2) is 29.3 Å². The van der Waals surface area contributed by atoms with Crippen LogP contribution in [0.5, 0.6) is 0 Å². The summed E-state index contributed by atoms with van der Waals surface area (Å²) in [7, 11) is 0. The van der Waals surface area contributed by atoms with Crippen LogP contribution in [0, 0.1) is 23.2 Å². The van der Waals surface area contributed by atoms with Crippen LogP contribution in [-0.4, -0.2) is 5.78 Å². The number of benzene rings is 1. The summed E-state index contributed by atoms with van der Waals surface area (Å²) < 4.78 is 0. The summed E-state index contributed by atoms with van der Waals surface area (Å²) in [5.74, 6) is 2.51. The highest BCUT2D eigenvalue weighted by molar-refractivity contribution is 5.88. The molecule has 1 aromatic rings. The Kier molecular flexibility index (Phi) is 2.01. The molecule has 0 amide bonds. The fraction of sp³-hybridized carbons (Fsp3) is 0.609. The van der Waals surface area contributed by atoms with E-state index >= 15 is 0 Å². The summed E-state index contributed by atoms with van der Waals surface area (Å²) >= 11 is 0. The number of fused-ring (bicyclic) bond motifs is 4. The summed E-state index contributed by atoms with van der Waals surface area (Å²) in [4.78, 5) is 13.3. The van der Waals surface area contributed by atoms with Crippen molar-refractivity contribution in [1.82, 2.24) is 0 Å². The van der Waals surface area contributed by atoms with Crippen LogP contribution in [0.1, 0.15) is 61.6 Å². The van der Waals surface area contributed by atoms with Gasteiger partial charge in [0.25, 0.3) is 0 Å². The van der Waals surface area contributed by atoms with Crippen molar-refractivity contribution in [2.45, 2.75) is 63.2 Å². The van der Waals surface area contributed by atoms with Gasteiger partial charge in [0.2, 0.25) is 0 Å². The average Bonchev–Trinajstić information content (AvgIpc) is 3.20. The van der Waals surface area contributed by atoms with E-state index in [0.717, 1.165) is 24.7 Å². The molecule has 1 heteroatoms. The van der Waals surface area contributed by atoms with Crippen molar-refractivity contribution < 1.29 is 4.79 Å². The van der Waals surface area contributed by atoms with Gasteiger partial charge in [0.1, 0.15) is 5.78 Å². The van der Waals surface area contributed by atoms with E-state index in [4.69, 9.17) is 0 Å². The minimum absolute atomic E-state index is 0.276. The molecule has 1 nitrogen and oxygen atoms in total. The first-order valence-corrected chi connectivity index (χ1v) is 10.1. The van der Waals surface area contributed by atoms with Crippen molar-refractivity contribution in [1.29, 1.82) is 0 Å². The van der Waals surface area contributed by atoms with Crippen molar-refractivity contribution in [3.63, 3.8) is 0 Å². The van der Waals surface area contributed by atoms with Gasteiger partial charge in [-0.15, -0.1) is 0 Å². The molecule has 122 valence electrons. The monoisotopic (exact) mass is 316 g/mol. The highest BCUT2D eigenvalue weighted by Crippen LogP contribution is 2.74. The Morgan fingerprint density at radius 3 is 2.67 bits per heavy atom. The summed E-state index contributed by atoms with van der Waals surface area (Å²) in [6.45, 7) is 0. The molecule has 0 saturated heterocycles. The zero-order valence-electron chi connectivity index (χ0n) is 14.2. The van der Waals surface area contributed by atoms with Crippen molar-refractivity contribution >= 4 is 5.78 Å². The first kappa shape index (κ1) is 12.9. The van der Waals surface area contributed by atoms with Crippen LogP contribution in [-0.2, 0) is 23.1 Å². The zero-order valence-corrected chi connectivity index (χ0v) is 14.2. The third-order valence-electron chi connectivity index (χ3n) is 9.17. The van der Waals surface area contributed by atoms with Gasteiger partial charge in [-0.05, 0) is 79.9 Å². The van der Waals surface area contributed by atoms with Gasteiger partial charge < -0.3 is 0 Å². The van der Waals surface area contributed by atoms with Gasteiger partial charge in [0, 0.05) is 23.2 Å². The van der Waals surface area contributed by atoms with Crippen LogP contribution >= 0.6 is 0 Å². The van der Waals surface area contributed by atoms with Crippen LogP contribution in [0.2, 0.25) is 0 Å². The molecular weight excluding hydrogens is 292 g/mol. The molecule has 3 unspecified atom stereocenters. The summed E-state index contributed by atoms with van der Waals surface area (Å²) in [5.41, 5.74) is 8.89. The van der Waals surface area contributed by atoms with Crippen LogP contribution in [0.25, 0.3) is 0 Å². The Morgan fingerprint density at radius 1 is 0.958 bits per heavy atom. The Bertz CT molecular complexity index is 851. The number of allylic oxidation sites excluding steroid dienone is 2. The molecule has 10 bridgehead atoms. The van der Waals surface area contributed by atoms with E-state index < -0.39 is 0 Å². The Labute approximate surface area is 143 Å². The van der Waals surface area contributed by atoms with Crippen LogP contribution < -0.4 is 0 Å². The maximum atomic E-state index is 13.3. The molecule has 24 heavy (non-hydrogen) atoms. The zero-order chi connectivity index (χ0) is 15.7. The molecule has 8 aliphatic carbocycles. The van der Waals surface area contributed by atoms with E-state index in [-0.39, 0.29) is 5.41 Å². The number of hydrogen-bond acceptors (Lipinski definition) is 1. The third-order valence-corrected chi connectivity index (χ3v) is 9.17. The van der Waals surface area contributed by atoms with E-state index in [9.17, 15) is 4.79 Å². The average molecular weight is 316 g/mol. The third kappa shape index (κ3) is 1.14. The maximum absolute atomic E-state index is 13.3. The minimum atomic E-state index is 0.276. The molecule has 3 atom stereocenters. The van der Waals surface area contributed by atoms with E-state index in [1.165, 1.54) is 56.1 Å². The Hall–Kier alpha value is -1.37. The molecule has 0 N–H and O–H groups in total. The number of hydrogen-bond donors (Lipinski definition) is 0. The lowest BCUT2D eigenvalue weighted by Gasteiger charge is -2.53. The minimum Gasteiger partial charge on any atom is -0.299 e. The van der Waals surface area contributed by atoms with Gasteiger partial charge >= 0.3 is 0 Å². The fourth-order valence-corrected chi connectivity index (χ4v) is 8.53. The summed E-state index contributed by atoms with van der Waals surface area (Å²) in [5, 5.41) is 0. The van der Waals surface area contributed by atoms with Crippen molar-refractivity contribution in [2.24, 2.45) is 23.2 Å². The lowest BCUT2D eigenvalue weighted by atomic mass is 9.50. The van der Waals surface area contributed by atoms with E-state index in [1.807, 2.05) is 11.1 Å². The Morgan fingerprint density at radius 2 is 1.79 bits per heavy atom. The Balaban J connectivity index is 1.68. The molecule has 9 rings (SSSR count). The molecule has 8 aliphatic rings. The second-order valence-electron chi connectivity index (χ2n) is 9.62. The van der Waals surface area contributed by atoms with E-state index in [1.54, 1.807) is 5.56 Å². The van der Waals surface area contributed by atoms with Gasteiger partial charge in [-0.2, -0.15) is 0 Å². The maximum Gasteiger partial charge on any atom is 0.141 e. The molecule has 0 aliphatic heterocycles. The number of carbonyl (C=O) groups is 1. The molecule has 2 spiro atoms. The van der Waals surface area contributed by atoms with Gasteiger partial charge in [0.15, 0.2) is 0 Å². The highest BCUT2D eigenvalue weighted by atomic mass is 16.1. The van der Waals surface area contributed by atoms with Crippen LogP contribution in [0.4, 0.5) is 0 Å². The number of ketones is 1. The normalized spacial score (nSPS) is 46.3. The van der Waals surface area contributed by atoms with Gasteiger partial charge in [-0.1, -0.05) is 29.3 Å². The lowest BCUT2D eigenvalue weighted by Crippen LogP contribution is -2.45. The number of carbonyl (C=O) groups excluding carboxylic acids is 1. The topological polar surface area (TPSA) is 17.1 Å². The predicted octanol–water partition coefficient (Wildman–Crippen LogP) is 4.52. The van der Waals surface area contributed by atoms with Gasteiger partial charge in [0.05, 0.1) is 0 Å². The molecule has 0 aromatic heterocycles. The fourth-order valence-electron chi connectivity index (χ4n) is 8.53. The number of rotatable bonds is 0. The van der Waals surface area contributed by atoms with Crippen LogP contribution in [0.3, 0.4) is 0 Å². The van der Waals surface area contributed by atoms with Crippen molar-refractivity contribution in [3.8, 4) is 0 Å². The second-order valence-corrected chi connectivity index (χ2v) is 9.62. The molecule has 2 fully saturated rings. The second kappa shape index (κ2) is 3.74. The smallest absolute Gasteiger partial charge is 0.141 e. The molecule has 0 radical (unpaired) electrons. The predicted molar refractivity (Wildman–Crippen MR) is 92.8 cm³/mol. The molecule has 1 aromatic carbocycles. The molecule has 0 heterocycles. The summed E-state index contributed by atoms with van der Waals surface area (Å²) in [6, 6.07) is 7.05. The van der Waals surface area contributed by atoms with Crippen molar-refractivity contribution in [2.75, 3.05) is 0 Å². The highest BCUT2D eigenvalue weighted by Gasteiger charge is 2.65. The van der Waals surface area contributed by atoms with Crippen molar-refractivity contribution in [3.05, 3.63) is 46.0 Å². The molecular formula is C23H24O. The van der Waals surface area contributed by atoms with E-state index in [0.29, 0.717) is 17.1 Å². The quantitative estimate of drug-likeness (QED) is 0.643. The lowest BCUT2D eigenvalue weighted by molar-refractivity contribution is -0.126. The first-order chi connectivity index (χ1) is 11.7. The first-order valence-electron chi connectivity index (χ1n) is 10.1. The van der Waals surface area contributed by atoms with E-state index in [2.05, 4.69) is 18.2 Å². The number of Topliss-reactive ketones (excluding diaryl/α,β-unsaturated/α-hetero) is 1. The molecule has 2 saturated carbocycles. The largest absolute Gasteiger partial charge is 0.299 e. The standard InChI is InChI=1S/C23H24O/c24-19-11-16-14-2-1-3-17(16)22-7-4-13(5-8-22)20-21(22)15-6-9-23(20,12-15)18(19)10-14/h1-3,13,15,18H,4-12H2. The van der Waals surface area contributed by atoms with Gasteiger partial charge in [-0.25, -0.2) is 0 Å².